The van der Waals surface area contributed by atoms with Crippen LogP contribution in [0.2, 0.25) is 0 Å². The van der Waals surface area contributed by atoms with Gasteiger partial charge in [-0.05, 0) is 61.6 Å². The van der Waals surface area contributed by atoms with Crippen LogP contribution in [0.4, 0.5) is 0 Å². The lowest BCUT2D eigenvalue weighted by Crippen LogP contribution is -2.25. The number of rotatable bonds is 4. The molecule has 1 atom stereocenters. The van der Waals surface area contributed by atoms with E-state index in [1.54, 1.807) is 6.08 Å². The van der Waals surface area contributed by atoms with E-state index in [1.165, 1.54) is 22.3 Å². The van der Waals surface area contributed by atoms with Crippen LogP contribution < -0.4 is 5.32 Å². The van der Waals surface area contributed by atoms with E-state index in [2.05, 4.69) is 38.2 Å². The minimum atomic E-state index is -0.0750. The molecule has 0 heterocycles. The first-order chi connectivity index (χ1) is 10.5. The van der Waals surface area contributed by atoms with Gasteiger partial charge >= 0.3 is 0 Å². The zero-order chi connectivity index (χ0) is 16.1. The van der Waals surface area contributed by atoms with E-state index >= 15 is 0 Å². The Morgan fingerprint density at radius 3 is 2.32 bits per heavy atom. The number of hydrogen-bond donors (Lipinski definition) is 1. The Morgan fingerprint density at radius 2 is 1.64 bits per heavy atom. The molecule has 2 rings (SSSR count). The molecule has 22 heavy (non-hydrogen) atoms. The predicted octanol–water partition coefficient (Wildman–Crippen LogP) is 4.50. The zero-order valence-electron chi connectivity index (χ0n) is 13.7. The summed E-state index contributed by atoms with van der Waals surface area (Å²) in [5.41, 5.74) is 5.94. The van der Waals surface area contributed by atoms with Crippen molar-refractivity contribution in [2.24, 2.45) is 0 Å². The molecule has 0 aliphatic carbocycles. The van der Waals surface area contributed by atoms with E-state index in [1.807, 2.05) is 43.3 Å². The van der Waals surface area contributed by atoms with Gasteiger partial charge < -0.3 is 5.32 Å². The van der Waals surface area contributed by atoms with Crippen molar-refractivity contribution < 1.29 is 4.79 Å². The van der Waals surface area contributed by atoms with Crippen LogP contribution >= 0.6 is 0 Å². The van der Waals surface area contributed by atoms with Gasteiger partial charge in [0, 0.05) is 6.08 Å². The van der Waals surface area contributed by atoms with Crippen molar-refractivity contribution in [2.75, 3.05) is 0 Å². The largest absolute Gasteiger partial charge is 0.346 e. The molecule has 2 heteroatoms. The highest BCUT2D eigenvalue weighted by atomic mass is 16.1. The smallest absolute Gasteiger partial charge is 0.244 e. The molecule has 0 saturated heterocycles. The molecule has 2 nitrogen and oxygen atoms in total. The fraction of sp³-hybridized carbons (Fsp3) is 0.250. The van der Waals surface area contributed by atoms with Crippen molar-refractivity contribution in [3.8, 4) is 0 Å². The second kappa shape index (κ2) is 7.08. The third-order valence-corrected chi connectivity index (χ3v) is 3.93. The van der Waals surface area contributed by atoms with Crippen molar-refractivity contribution in [1.29, 1.82) is 0 Å². The summed E-state index contributed by atoms with van der Waals surface area (Å²) in [6.45, 7) is 8.32. The van der Waals surface area contributed by atoms with Crippen LogP contribution in [0.3, 0.4) is 0 Å². The van der Waals surface area contributed by atoms with E-state index in [0.29, 0.717) is 0 Å². The van der Waals surface area contributed by atoms with Gasteiger partial charge in [0.2, 0.25) is 5.91 Å². The predicted molar refractivity (Wildman–Crippen MR) is 92.7 cm³/mol. The Morgan fingerprint density at radius 1 is 1.00 bits per heavy atom. The fourth-order valence-electron chi connectivity index (χ4n) is 2.52. The maximum absolute atomic E-state index is 12.1. The summed E-state index contributed by atoms with van der Waals surface area (Å²) in [7, 11) is 0. The molecule has 0 aliphatic heterocycles. The number of carbonyl (C=O) groups is 1. The Labute approximate surface area is 132 Å². The lowest BCUT2D eigenvalue weighted by atomic mass is 9.96. The average molecular weight is 293 g/mol. The van der Waals surface area contributed by atoms with Crippen LogP contribution in [-0.2, 0) is 4.79 Å². The van der Waals surface area contributed by atoms with Crippen molar-refractivity contribution in [3.63, 3.8) is 0 Å². The first kappa shape index (κ1) is 16.0. The number of amides is 1. The summed E-state index contributed by atoms with van der Waals surface area (Å²) in [5.74, 6) is -0.0750. The highest BCUT2D eigenvalue weighted by Crippen LogP contribution is 2.21. The van der Waals surface area contributed by atoms with E-state index in [4.69, 9.17) is 0 Å². The molecule has 0 saturated carbocycles. The molecule has 114 valence electrons. The molecule has 1 N–H and O–H groups in total. The zero-order valence-corrected chi connectivity index (χ0v) is 13.7. The Hall–Kier alpha value is -2.35. The monoisotopic (exact) mass is 293 g/mol. The molecular weight excluding hydrogens is 270 g/mol. The molecular formula is C20H23NO. The van der Waals surface area contributed by atoms with Gasteiger partial charge in [-0.1, -0.05) is 42.5 Å². The average Bonchev–Trinajstić information content (AvgIpc) is 2.50. The summed E-state index contributed by atoms with van der Waals surface area (Å²) in [6, 6.07) is 14.1. The Kier molecular flexibility index (Phi) is 5.16. The number of hydrogen-bond acceptors (Lipinski definition) is 1. The first-order valence-electron chi connectivity index (χ1n) is 7.58. The van der Waals surface area contributed by atoms with Crippen LogP contribution in [0.25, 0.3) is 6.08 Å². The number of carbonyl (C=O) groups excluding carboxylic acids is 1. The van der Waals surface area contributed by atoms with E-state index in [0.717, 1.165) is 5.56 Å². The van der Waals surface area contributed by atoms with Gasteiger partial charge in [-0.2, -0.15) is 0 Å². The standard InChI is InChI=1S/C20H23NO/c1-14-12-16(3)19(13-15(14)2)17(4)21-20(22)11-10-18-8-6-5-7-9-18/h5-13,17H,1-4H3,(H,21,22)/b11-10+/t17-/m1/s1. The van der Waals surface area contributed by atoms with Gasteiger partial charge in [0.15, 0.2) is 0 Å². The van der Waals surface area contributed by atoms with Gasteiger partial charge in [0.1, 0.15) is 0 Å². The molecule has 0 fully saturated rings. The van der Waals surface area contributed by atoms with Gasteiger partial charge in [0.25, 0.3) is 0 Å². The van der Waals surface area contributed by atoms with Crippen LogP contribution in [0, 0.1) is 20.8 Å². The number of aryl methyl sites for hydroxylation is 3. The Balaban J connectivity index is 2.05. The van der Waals surface area contributed by atoms with E-state index in [-0.39, 0.29) is 11.9 Å². The van der Waals surface area contributed by atoms with Gasteiger partial charge in [-0.25, -0.2) is 0 Å². The minimum absolute atomic E-state index is 0.00720. The van der Waals surface area contributed by atoms with Crippen molar-refractivity contribution >= 4 is 12.0 Å². The topological polar surface area (TPSA) is 29.1 Å². The minimum Gasteiger partial charge on any atom is -0.346 e. The van der Waals surface area contributed by atoms with E-state index in [9.17, 15) is 4.79 Å². The van der Waals surface area contributed by atoms with Crippen LogP contribution in [0.1, 0.15) is 40.8 Å². The maximum Gasteiger partial charge on any atom is 0.244 e. The molecule has 0 spiro atoms. The maximum atomic E-state index is 12.1. The molecule has 0 aliphatic rings. The summed E-state index contributed by atoms with van der Waals surface area (Å²) in [5, 5.41) is 3.03. The highest BCUT2D eigenvalue weighted by molar-refractivity contribution is 5.92. The molecule has 2 aromatic carbocycles. The van der Waals surface area contributed by atoms with Crippen molar-refractivity contribution in [1.82, 2.24) is 5.32 Å². The first-order valence-corrected chi connectivity index (χ1v) is 7.58. The number of benzene rings is 2. The van der Waals surface area contributed by atoms with Crippen LogP contribution in [0.5, 0.6) is 0 Å². The van der Waals surface area contributed by atoms with Gasteiger partial charge in [-0.3, -0.25) is 4.79 Å². The number of nitrogens with one attached hydrogen (secondary N) is 1. The van der Waals surface area contributed by atoms with Crippen molar-refractivity contribution in [3.05, 3.63) is 76.4 Å². The molecule has 0 unspecified atom stereocenters. The fourth-order valence-corrected chi connectivity index (χ4v) is 2.52. The van der Waals surface area contributed by atoms with Crippen molar-refractivity contribution in [2.45, 2.75) is 33.7 Å². The van der Waals surface area contributed by atoms with E-state index < -0.39 is 0 Å². The summed E-state index contributed by atoms with van der Waals surface area (Å²) >= 11 is 0. The third-order valence-electron chi connectivity index (χ3n) is 3.93. The van der Waals surface area contributed by atoms with Gasteiger partial charge in [0.05, 0.1) is 6.04 Å². The summed E-state index contributed by atoms with van der Waals surface area (Å²) in [6.07, 6.45) is 3.41. The molecule has 0 radical (unpaired) electrons. The molecule has 2 aromatic rings. The second-order valence-corrected chi connectivity index (χ2v) is 5.77. The highest BCUT2D eigenvalue weighted by Gasteiger charge is 2.11. The molecule has 0 aromatic heterocycles. The second-order valence-electron chi connectivity index (χ2n) is 5.77. The summed E-state index contributed by atoms with van der Waals surface area (Å²) in [4.78, 5) is 12.1. The molecule has 0 bridgehead atoms. The third kappa shape index (κ3) is 4.08. The summed E-state index contributed by atoms with van der Waals surface area (Å²) < 4.78 is 0. The van der Waals surface area contributed by atoms with Crippen LogP contribution in [0.15, 0.2) is 48.5 Å². The van der Waals surface area contributed by atoms with Gasteiger partial charge in [-0.15, -0.1) is 0 Å². The van der Waals surface area contributed by atoms with Crippen LogP contribution in [-0.4, -0.2) is 5.91 Å². The normalized spacial score (nSPS) is 12.4. The lowest BCUT2D eigenvalue weighted by Gasteiger charge is -2.17. The lowest BCUT2D eigenvalue weighted by molar-refractivity contribution is -0.117. The SMILES string of the molecule is Cc1cc(C)c([C@@H](C)NC(=O)/C=C/c2ccccc2)cc1C. The molecule has 1 amide bonds. The quantitative estimate of drug-likeness (QED) is 0.826. The Bertz CT molecular complexity index is 686.